The van der Waals surface area contributed by atoms with Gasteiger partial charge >= 0.3 is 5.56 Å². The van der Waals surface area contributed by atoms with Gasteiger partial charge in [-0.05, 0) is 30.0 Å². The van der Waals surface area contributed by atoms with Crippen LogP contribution in [0.4, 0.5) is 5.69 Å². The van der Waals surface area contributed by atoms with Crippen LogP contribution in [0.5, 0.6) is 0 Å². The lowest BCUT2D eigenvalue weighted by atomic mass is 9.83. The number of ether oxygens (including phenoxy) is 1. The van der Waals surface area contributed by atoms with Crippen molar-refractivity contribution in [3.05, 3.63) is 69.4 Å². The molecule has 33 heavy (non-hydrogen) atoms. The van der Waals surface area contributed by atoms with E-state index in [1.807, 2.05) is 17.0 Å². The number of nitrogens with one attached hydrogen (secondary N) is 1. The zero-order valence-electron chi connectivity index (χ0n) is 18.6. The molecule has 3 atom stereocenters. The molecule has 1 amide bonds. The molecule has 2 N–H and O–H groups in total. The van der Waals surface area contributed by atoms with Crippen molar-refractivity contribution in [2.75, 3.05) is 26.8 Å². The first-order valence-corrected chi connectivity index (χ1v) is 11.3. The van der Waals surface area contributed by atoms with E-state index < -0.39 is 10.8 Å². The Kier molecular flexibility index (Phi) is 5.79. The Morgan fingerprint density at radius 3 is 2.82 bits per heavy atom. The highest BCUT2D eigenvalue weighted by Crippen LogP contribution is 2.35. The van der Waals surface area contributed by atoms with Crippen LogP contribution in [0.1, 0.15) is 23.6 Å². The second-order valence-corrected chi connectivity index (χ2v) is 9.02. The van der Waals surface area contributed by atoms with Crippen molar-refractivity contribution in [2.24, 2.45) is 5.92 Å². The largest absolute Gasteiger partial charge is 0.595 e. The SMILES string of the molecule is COCCn1cc(CC(=O)N2CC3C[C@@H](C2)Cn2c3ccc([NH+]([O-])O)c2=O)c2ccccc21. The maximum atomic E-state index is 13.3. The molecule has 3 aromatic rings. The summed E-state index contributed by atoms with van der Waals surface area (Å²) in [5.74, 6) is 0.266. The number of pyridine rings is 1. The molecule has 1 aromatic carbocycles. The Hall–Kier alpha value is -2.98. The highest BCUT2D eigenvalue weighted by Gasteiger charge is 2.37. The van der Waals surface area contributed by atoms with E-state index in [-0.39, 0.29) is 23.4 Å². The van der Waals surface area contributed by atoms with Gasteiger partial charge in [-0.15, -0.1) is 0 Å². The Morgan fingerprint density at radius 1 is 1.21 bits per heavy atom. The van der Waals surface area contributed by atoms with Crippen LogP contribution in [0.25, 0.3) is 10.9 Å². The minimum absolute atomic E-state index is 0.0417. The first-order chi connectivity index (χ1) is 16.0. The second kappa shape index (κ2) is 8.75. The lowest BCUT2D eigenvalue weighted by Crippen LogP contribution is -3.00. The fourth-order valence-corrected chi connectivity index (χ4v) is 5.43. The molecule has 174 valence electrons. The molecule has 2 aliphatic rings. The van der Waals surface area contributed by atoms with E-state index in [2.05, 4.69) is 22.9 Å². The highest BCUT2D eigenvalue weighted by atomic mass is 16.8. The number of rotatable bonds is 6. The Bertz CT molecular complexity index is 1250. The summed E-state index contributed by atoms with van der Waals surface area (Å²) in [6, 6.07) is 11.2. The van der Waals surface area contributed by atoms with E-state index in [4.69, 9.17) is 4.74 Å². The maximum absolute atomic E-state index is 13.3. The minimum Gasteiger partial charge on any atom is -0.595 e. The summed E-state index contributed by atoms with van der Waals surface area (Å²) in [4.78, 5) is 27.9. The summed E-state index contributed by atoms with van der Waals surface area (Å²) in [5, 5.41) is 20.5. The summed E-state index contributed by atoms with van der Waals surface area (Å²) in [7, 11) is 1.68. The second-order valence-electron chi connectivity index (χ2n) is 9.02. The van der Waals surface area contributed by atoms with E-state index in [9.17, 15) is 20.0 Å². The number of methoxy groups -OCH3 is 1. The van der Waals surface area contributed by atoms with Crippen molar-refractivity contribution in [2.45, 2.75) is 31.8 Å². The van der Waals surface area contributed by atoms with Crippen LogP contribution in [0.15, 0.2) is 47.4 Å². The van der Waals surface area contributed by atoms with Gasteiger partial charge in [-0.25, -0.2) is 5.21 Å². The van der Waals surface area contributed by atoms with Crippen molar-refractivity contribution >= 4 is 22.5 Å². The number of fused-ring (bicyclic) bond motifs is 5. The van der Waals surface area contributed by atoms with Gasteiger partial charge in [0.15, 0.2) is 0 Å². The van der Waals surface area contributed by atoms with Crippen LogP contribution in [-0.2, 0) is 29.0 Å². The normalized spacial score (nSPS) is 20.6. The number of likely N-dealkylation sites (tertiary alicyclic amines) is 1. The third kappa shape index (κ3) is 3.97. The molecule has 9 nitrogen and oxygen atoms in total. The third-order valence-corrected chi connectivity index (χ3v) is 6.94. The van der Waals surface area contributed by atoms with E-state index in [0.717, 1.165) is 35.1 Å². The lowest BCUT2D eigenvalue weighted by Gasteiger charge is -2.42. The molecule has 9 heteroatoms. The van der Waals surface area contributed by atoms with Crippen LogP contribution >= 0.6 is 0 Å². The quantitative estimate of drug-likeness (QED) is 0.544. The number of aromatic nitrogens is 2. The zero-order valence-corrected chi connectivity index (χ0v) is 18.6. The molecule has 0 radical (unpaired) electrons. The molecule has 2 bridgehead atoms. The molecule has 1 fully saturated rings. The van der Waals surface area contributed by atoms with Crippen molar-refractivity contribution in [1.29, 1.82) is 0 Å². The summed E-state index contributed by atoms with van der Waals surface area (Å²) < 4.78 is 8.97. The van der Waals surface area contributed by atoms with Crippen molar-refractivity contribution in [1.82, 2.24) is 14.0 Å². The minimum atomic E-state index is -1.20. The number of nitrogens with zero attached hydrogens (tertiary/aromatic N) is 3. The van der Waals surface area contributed by atoms with Gasteiger partial charge < -0.3 is 24.0 Å². The molecule has 2 aromatic heterocycles. The van der Waals surface area contributed by atoms with Gasteiger partial charge in [0.05, 0.1) is 13.0 Å². The Morgan fingerprint density at radius 2 is 2.03 bits per heavy atom. The van der Waals surface area contributed by atoms with Crippen molar-refractivity contribution < 1.29 is 20.0 Å². The standard InChI is InChI=1S/C24H28N4O5/c1-33-9-8-25-14-17(19-4-2-3-5-21(19)25)11-23(29)26-12-16-10-18(15-26)20-6-7-22(28(31)32)24(30)27(20)13-16/h2-7,14,16,18,28,31H,8-13,15H2,1H3/t16-,18?/m0/s1. The van der Waals surface area contributed by atoms with Crippen molar-refractivity contribution in [3.63, 3.8) is 0 Å². The van der Waals surface area contributed by atoms with E-state index in [1.54, 1.807) is 17.7 Å². The van der Waals surface area contributed by atoms with Gasteiger partial charge in [-0.2, -0.15) is 5.23 Å². The molecule has 2 unspecified atom stereocenters. The molecule has 1 saturated heterocycles. The van der Waals surface area contributed by atoms with Crippen molar-refractivity contribution in [3.8, 4) is 0 Å². The third-order valence-electron chi connectivity index (χ3n) is 6.94. The number of amides is 1. The van der Waals surface area contributed by atoms with E-state index >= 15 is 0 Å². The van der Waals surface area contributed by atoms with Gasteiger partial charge in [0.2, 0.25) is 11.6 Å². The number of quaternary nitrogens is 1. The molecule has 0 saturated carbocycles. The number of carbonyl (C=O) groups is 1. The number of hydrogen-bond acceptors (Lipinski definition) is 5. The fraction of sp³-hybridized carbons (Fsp3) is 0.417. The van der Waals surface area contributed by atoms with Gasteiger partial charge in [-0.1, -0.05) is 18.2 Å². The topological polar surface area (TPSA) is 104 Å². The van der Waals surface area contributed by atoms with Crippen LogP contribution < -0.4 is 10.8 Å². The fourth-order valence-electron chi connectivity index (χ4n) is 5.43. The van der Waals surface area contributed by atoms with Crippen LogP contribution in [0.3, 0.4) is 0 Å². The predicted octanol–water partition coefficient (Wildman–Crippen LogP) is 1.04. The Balaban J connectivity index is 1.37. The monoisotopic (exact) mass is 452 g/mol. The number of piperidine rings is 1. The average molecular weight is 453 g/mol. The molecule has 0 aliphatic carbocycles. The summed E-state index contributed by atoms with van der Waals surface area (Å²) in [6.07, 6.45) is 3.28. The number of carbonyl (C=O) groups excluding carboxylic acids is 1. The summed E-state index contributed by atoms with van der Waals surface area (Å²) in [6.45, 7) is 2.91. The molecular formula is C24H28N4O5. The number of para-hydroxylation sites is 1. The first-order valence-electron chi connectivity index (χ1n) is 11.3. The molecule has 4 heterocycles. The molecule has 5 rings (SSSR count). The zero-order chi connectivity index (χ0) is 23.1. The van der Waals surface area contributed by atoms with Crippen LogP contribution in [-0.4, -0.2) is 52.0 Å². The van der Waals surface area contributed by atoms with Gasteiger partial charge in [-0.3, -0.25) is 9.59 Å². The average Bonchev–Trinajstić information content (AvgIpc) is 3.15. The van der Waals surface area contributed by atoms with Crippen LogP contribution in [0, 0.1) is 11.1 Å². The smallest absolute Gasteiger partial charge is 0.315 e. The summed E-state index contributed by atoms with van der Waals surface area (Å²) in [5.41, 5.74) is 2.28. The van der Waals surface area contributed by atoms with E-state index in [0.29, 0.717) is 32.7 Å². The molecule has 0 spiro atoms. The summed E-state index contributed by atoms with van der Waals surface area (Å²) >= 11 is 0. The van der Waals surface area contributed by atoms with Crippen LogP contribution in [0.2, 0.25) is 0 Å². The number of hydrogen-bond donors (Lipinski definition) is 2. The van der Waals surface area contributed by atoms with Gasteiger partial charge in [0.1, 0.15) is 0 Å². The molecule has 2 aliphatic heterocycles. The predicted molar refractivity (Wildman–Crippen MR) is 121 cm³/mol. The number of benzene rings is 1. The molecular weight excluding hydrogens is 424 g/mol. The maximum Gasteiger partial charge on any atom is 0.315 e. The lowest BCUT2D eigenvalue weighted by molar-refractivity contribution is -0.992. The van der Waals surface area contributed by atoms with Gasteiger partial charge in [0.25, 0.3) is 0 Å². The first kappa shape index (κ1) is 21.8. The highest BCUT2D eigenvalue weighted by molar-refractivity contribution is 5.89. The van der Waals surface area contributed by atoms with Gasteiger partial charge in [0, 0.05) is 68.1 Å². The van der Waals surface area contributed by atoms with E-state index in [1.165, 1.54) is 6.07 Å². The Labute approximate surface area is 190 Å².